The molecule has 0 aliphatic rings. The van der Waals surface area contributed by atoms with Crippen LogP contribution in [-0.4, -0.2) is 16.2 Å². The van der Waals surface area contributed by atoms with Crippen LogP contribution in [0.25, 0.3) is 0 Å². The maximum atomic E-state index is 12.2. The lowest BCUT2D eigenvalue weighted by molar-refractivity contribution is 0.0693. The van der Waals surface area contributed by atoms with Crippen LogP contribution in [-0.2, 0) is 12.8 Å². The van der Waals surface area contributed by atoms with Crippen LogP contribution < -0.4 is 0 Å². The number of aromatic carboxylic acids is 1. The van der Waals surface area contributed by atoms with Gasteiger partial charge in [0.25, 0.3) is 0 Å². The lowest BCUT2D eigenvalue weighted by Gasteiger charge is -2.23. The first-order chi connectivity index (χ1) is 16.9. The summed E-state index contributed by atoms with van der Waals surface area (Å²) in [5.74, 6) is -1.63. The summed E-state index contributed by atoms with van der Waals surface area (Å²) in [6, 6.07) is 30.5. The van der Waals surface area contributed by atoms with Crippen molar-refractivity contribution in [3.8, 4) is 5.75 Å². The van der Waals surface area contributed by atoms with E-state index in [0.717, 1.165) is 35.1 Å². The van der Waals surface area contributed by atoms with E-state index in [-0.39, 0.29) is 23.1 Å². The molecule has 0 aliphatic carbocycles. The molecule has 3 heteroatoms. The number of aromatic hydroxyl groups is 1. The van der Waals surface area contributed by atoms with Crippen molar-refractivity contribution in [3.63, 3.8) is 0 Å². The van der Waals surface area contributed by atoms with E-state index >= 15 is 0 Å². The minimum atomic E-state index is -1.13. The molecule has 0 heterocycles. The highest BCUT2D eigenvalue weighted by molar-refractivity contribution is 5.92. The highest BCUT2D eigenvalue weighted by atomic mass is 16.4. The molecule has 0 saturated carbocycles. The molecule has 4 aromatic carbocycles. The predicted molar refractivity (Wildman–Crippen MR) is 142 cm³/mol. The average Bonchev–Trinajstić information content (AvgIpc) is 2.90. The third-order valence-corrected chi connectivity index (χ3v) is 6.93. The zero-order chi connectivity index (χ0) is 24.9. The van der Waals surface area contributed by atoms with Gasteiger partial charge in [-0.15, -0.1) is 0 Å². The summed E-state index contributed by atoms with van der Waals surface area (Å²) in [4.78, 5) is 12.2. The second-order valence-electron chi connectivity index (χ2n) is 9.07. The Labute approximate surface area is 207 Å². The summed E-state index contributed by atoms with van der Waals surface area (Å²) in [7, 11) is 0. The number of hydrogen-bond acceptors (Lipinski definition) is 2. The van der Waals surface area contributed by atoms with Gasteiger partial charge in [0.15, 0.2) is 0 Å². The molecule has 1 atom stereocenters. The maximum Gasteiger partial charge on any atom is 0.339 e. The van der Waals surface area contributed by atoms with E-state index in [9.17, 15) is 15.0 Å². The zero-order valence-electron chi connectivity index (χ0n) is 20.5. The van der Waals surface area contributed by atoms with Gasteiger partial charge >= 0.3 is 5.97 Å². The monoisotopic (exact) mass is 464 g/mol. The number of benzene rings is 4. The summed E-state index contributed by atoms with van der Waals surface area (Å²) in [5, 5.41) is 21.0. The molecule has 0 aromatic heterocycles. The quantitative estimate of drug-likeness (QED) is 0.265. The molecule has 0 amide bonds. The van der Waals surface area contributed by atoms with Crippen LogP contribution >= 0.6 is 0 Å². The van der Waals surface area contributed by atoms with E-state index in [1.165, 1.54) is 11.1 Å². The number of carbonyl (C=O) groups is 1. The Morgan fingerprint density at radius 3 is 1.69 bits per heavy atom. The smallest absolute Gasteiger partial charge is 0.339 e. The number of aryl methyl sites for hydroxylation is 2. The number of hydrogen-bond donors (Lipinski definition) is 2. The Morgan fingerprint density at radius 2 is 1.23 bits per heavy atom. The molecule has 3 nitrogen and oxygen atoms in total. The van der Waals surface area contributed by atoms with Gasteiger partial charge in [-0.05, 0) is 52.3 Å². The normalized spacial score (nSPS) is 12.0. The molecule has 0 fully saturated rings. The molecular weight excluding hydrogens is 432 g/mol. The van der Waals surface area contributed by atoms with Crippen LogP contribution in [0, 0.1) is 0 Å². The summed E-state index contributed by atoms with van der Waals surface area (Å²) in [6.45, 7) is 6.26. The van der Waals surface area contributed by atoms with E-state index in [4.69, 9.17) is 0 Å². The molecule has 0 saturated heterocycles. The van der Waals surface area contributed by atoms with E-state index in [0.29, 0.717) is 5.56 Å². The molecule has 0 aliphatic heterocycles. The van der Waals surface area contributed by atoms with Crippen LogP contribution in [0.3, 0.4) is 0 Å². The maximum absolute atomic E-state index is 12.2. The van der Waals surface area contributed by atoms with E-state index in [1.807, 2.05) is 43.3 Å². The third kappa shape index (κ3) is 5.14. The van der Waals surface area contributed by atoms with E-state index in [2.05, 4.69) is 62.4 Å². The molecule has 0 radical (unpaired) electrons. The van der Waals surface area contributed by atoms with Gasteiger partial charge in [-0.1, -0.05) is 106 Å². The van der Waals surface area contributed by atoms with Crippen molar-refractivity contribution >= 4 is 5.97 Å². The zero-order valence-corrected chi connectivity index (χ0v) is 20.5. The summed E-state index contributed by atoms with van der Waals surface area (Å²) >= 11 is 0. The molecular formula is C32H32O3. The number of carboxylic acids is 1. The lowest BCUT2D eigenvalue weighted by atomic mass is 9.81. The van der Waals surface area contributed by atoms with E-state index < -0.39 is 5.97 Å². The molecule has 178 valence electrons. The van der Waals surface area contributed by atoms with Gasteiger partial charge in [0.1, 0.15) is 11.3 Å². The number of phenols is 1. The van der Waals surface area contributed by atoms with Crippen molar-refractivity contribution in [1.82, 2.24) is 0 Å². The molecule has 1 unspecified atom stereocenters. The molecule has 35 heavy (non-hydrogen) atoms. The van der Waals surface area contributed by atoms with Crippen molar-refractivity contribution < 1.29 is 15.0 Å². The fraction of sp³-hybridized carbons (Fsp3) is 0.219. The van der Waals surface area contributed by atoms with Gasteiger partial charge in [-0.25, -0.2) is 4.79 Å². The van der Waals surface area contributed by atoms with Crippen molar-refractivity contribution in [1.29, 1.82) is 0 Å². The van der Waals surface area contributed by atoms with Gasteiger partial charge in [0, 0.05) is 17.4 Å². The predicted octanol–water partition coefficient (Wildman–Crippen LogP) is 7.55. The number of rotatable bonds is 8. The van der Waals surface area contributed by atoms with Gasteiger partial charge in [-0.3, -0.25) is 0 Å². The van der Waals surface area contributed by atoms with Gasteiger partial charge in [0.05, 0.1) is 0 Å². The Kier molecular flexibility index (Phi) is 7.36. The topological polar surface area (TPSA) is 57.5 Å². The summed E-state index contributed by atoms with van der Waals surface area (Å²) < 4.78 is 0. The Balaban J connectivity index is 1.92. The minimum absolute atomic E-state index is 0.0689. The fourth-order valence-corrected chi connectivity index (χ4v) is 4.73. The van der Waals surface area contributed by atoms with E-state index in [1.54, 1.807) is 6.07 Å². The van der Waals surface area contributed by atoms with Crippen molar-refractivity contribution in [2.45, 2.75) is 45.4 Å². The van der Waals surface area contributed by atoms with Crippen LogP contribution in [0.1, 0.15) is 81.9 Å². The van der Waals surface area contributed by atoms with Gasteiger partial charge in [0.2, 0.25) is 0 Å². The highest BCUT2D eigenvalue weighted by Gasteiger charge is 2.25. The second kappa shape index (κ2) is 10.6. The highest BCUT2D eigenvalue weighted by Crippen LogP contribution is 2.40. The molecule has 0 spiro atoms. The third-order valence-electron chi connectivity index (χ3n) is 6.93. The first kappa shape index (κ1) is 24.3. The Hall–Kier alpha value is -3.85. The van der Waals surface area contributed by atoms with Crippen molar-refractivity contribution in [2.75, 3.05) is 0 Å². The summed E-state index contributed by atoms with van der Waals surface area (Å²) in [5.41, 5.74) is 7.11. The van der Waals surface area contributed by atoms with Crippen molar-refractivity contribution in [3.05, 3.63) is 136 Å². The van der Waals surface area contributed by atoms with Crippen LogP contribution in [0.15, 0.2) is 91.0 Å². The first-order valence-corrected chi connectivity index (χ1v) is 12.3. The lowest BCUT2D eigenvalue weighted by Crippen LogP contribution is -2.09. The standard InChI is InChI=1S/C32H32O3/c1-4-22-11-15-25(16-12-22)30(26-17-13-23(5-2)14-18-26)27-19-28(31(33)29(20-27)32(34)35)21(3)24-9-7-6-8-10-24/h6-21,30,33H,4-5H2,1-3H3,(H,34,35). The Morgan fingerprint density at radius 1 is 0.714 bits per heavy atom. The average molecular weight is 465 g/mol. The fourth-order valence-electron chi connectivity index (χ4n) is 4.73. The van der Waals surface area contributed by atoms with Gasteiger partial charge in [-0.2, -0.15) is 0 Å². The molecule has 2 N–H and O–H groups in total. The largest absolute Gasteiger partial charge is 0.507 e. The Bertz CT molecular complexity index is 1240. The van der Waals surface area contributed by atoms with Gasteiger partial charge < -0.3 is 10.2 Å². The second-order valence-corrected chi connectivity index (χ2v) is 9.07. The molecule has 4 rings (SSSR count). The molecule has 4 aromatic rings. The van der Waals surface area contributed by atoms with Crippen LogP contribution in [0.5, 0.6) is 5.75 Å². The first-order valence-electron chi connectivity index (χ1n) is 12.3. The number of carboxylic acid groups (broad SMARTS) is 1. The summed E-state index contributed by atoms with van der Waals surface area (Å²) in [6.07, 6.45) is 1.91. The molecule has 0 bridgehead atoms. The SMILES string of the molecule is CCc1ccc(C(c2ccc(CC)cc2)c2cc(C(=O)O)c(O)c(C(C)c3ccccc3)c2)cc1. The van der Waals surface area contributed by atoms with Crippen LogP contribution in [0.2, 0.25) is 0 Å². The van der Waals surface area contributed by atoms with Crippen LogP contribution in [0.4, 0.5) is 0 Å². The minimum Gasteiger partial charge on any atom is -0.507 e. The van der Waals surface area contributed by atoms with Crippen molar-refractivity contribution in [2.24, 2.45) is 0 Å².